The van der Waals surface area contributed by atoms with Crippen LogP contribution in [0, 0.1) is 0 Å². The van der Waals surface area contributed by atoms with Crippen molar-refractivity contribution in [1.82, 2.24) is 5.32 Å². The second-order valence-corrected chi connectivity index (χ2v) is 6.92. The standard InChI is InChI=1S/C25H25NO/c1-19(2)21-16-13-20(14-17-21)15-18-24(27)26-25(22-9-5-3-6-10-22)23-11-7-4-8-12-23/h3-19,25H,1-2H3,(H,26,27). The van der Waals surface area contributed by atoms with E-state index in [9.17, 15) is 4.79 Å². The molecule has 3 aromatic rings. The van der Waals surface area contributed by atoms with Crippen LogP contribution in [0.2, 0.25) is 0 Å². The van der Waals surface area contributed by atoms with Gasteiger partial charge in [0.25, 0.3) is 0 Å². The molecular formula is C25H25NO. The molecule has 3 aromatic carbocycles. The summed E-state index contributed by atoms with van der Waals surface area (Å²) in [6.07, 6.45) is 3.45. The van der Waals surface area contributed by atoms with Crippen LogP contribution in [-0.2, 0) is 4.79 Å². The van der Waals surface area contributed by atoms with E-state index < -0.39 is 0 Å². The molecule has 136 valence electrons. The van der Waals surface area contributed by atoms with Gasteiger partial charge in [-0.15, -0.1) is 0 Å². The summed E-state index contributed by atoms with van der Waals surface area (Å²) in [5.41, 5.74) is 4.44. The van der Waals surface area contributed by atoms with E-state index in [-0.39, 0.29) is 11.9 Å². The van der Waals surface area contributed by atoms with Crippen LogP contribution in [0.5, 0.6) is 0 Å². The lowest BCUT2D eigenvalue weighted by Gasteiger charge is -2.19. The minimum atomic E-state index is -0.173. The van der Waals surface area contributed by atoms with Crippen molar-refractivity contribution in [3.8, 4) is 0 Å². The summed E-state index contributed by atoms with van der Waals surface area (Å²) in [6, 6.07) is 28.2. The molecule has 0 atom stereocenters. The summed E-state index contributed by atoms with van der Waals surface area (Å²) in [5, 5.41) is 3.12. The molecule has 2 nitrogen and oxygen atoms in total. The molecule has 27 heavy (non-hydrogen) atoms. The fourth-order valence-corrected chi connectivity index (χ4v) is 3.00. The molecule has 0 aliphatic rings. The molecule has 0 aliphatic heterocycles. The average Bonchev–Trinajstić information content (AvgIpc) is 2.72. The van der Waals surface area contributed by atoms with Crippen LogP contribution in [0.4, 0.5) is 0 Å². The SMILES string of the molecule is CC(C)c1ccc(C=CC(=O)NC(c2ccccc2)c2ccccc2)cc1. The topological polar surface area (TPSA) is 29.1 Å². The lowest BCUT2D eigenvalue weighted by atomic mass is 9.98. The first kappa shape index (κ1) is 18.7. The van der Waals surface area contributed by atoms with Crippen LogP contribution in [0.3, 0.4) is 0 Å². The predicted octanol–water partition coefficient (Wildman–Crippen LogP) is 5.73. The van der Waals surface area contributed by atoms with Gasteiger partial charge in [0.05, 0.1) is 6.04 Å². The minimum absolute atomic E-state index is 0.111. The van der Waals surface area contributed by atoms with Crippen molar-refractivity contribution < 1.29 is 4.79 Å². The Morgan fingerprint density at radius 1 is 0.741 bits per heavy atom. The van der Waals surface area contributed by atoms with Gasteiger partial charge in [0, 0.05) is 6.08 Å². The van der Waals surface area contributed by atoms with Crippen molar-refractivity contribution in [2.45, 2.75) is 25.8 Å². The summed E-state index contributed by atoms with van der Waals surface area (Å²) in [5.74, 6) is 0.393. The Hall–Kier alpha value is -3.13. The molecule has 0 saturated heterocycles. The summed E-state index contributed by atoms with van der Waals surface area (Å²) in [7, 11) is 0. The van der Waals surface area contributed by atoms with Crippen molar-refractivity contribution in [3.05, 3.63) is 113 Å². The van der Waals surface area contributed by atoms with E-state index in [4.69, 9.17) is 0 Å². The van der Waals surface area contributed by atoms with E-state index in [0.29, 0.717) is 5.92 Å². The molecule has 0 heterocycles. The summed E-state index contributed by atoms with van der Waals surface area (Å²) in [4.78, 5) is 12.6. The summed E-state index contributed by atoms with van der Waals surface area (Å²) < 4.78 is 0. The molecule has 0 bridgehead atoms. The largest absolute Gasteiger partial charge is 0.342 e. The van der Waals surface area contributed by atoms with Crippen molar-refractivity contribution in [2.24, 2.45) is 0 Å². The number of hydrogen-bond donors (Lipinski definition) is 1. The highest BCUT2D eigenvalue weighted by Crippen LogP contribution is 2.22. The van der Waals surface area contributed by atoms with Gasteiger partial charge in [-0.05, 0) is 34.2 Å². The molecular weight excluding hydrogens is 330 g/mol. The maximum absolute atomic E-state index is 12.6. The quantitative estimate of drug-likeness (QED) is 0.562. The van der Waals surface area contributed by atoms with Gasteiger partial charge in [0.2, 0.25) is 5.91 Å². The number of carbonyl (C=O) groups is 1. The monoisotopic (exact) mass is 355 g/mol. The van der Waals surface area contributed by atoms with E-state index in [1.807, 2.05) is 78.9 Å². The van der Waals surface area contributed by atoms with E-state index in [0.717, 1.165) is 16.7 Å². The van der Waals surface area contributed by atoms with E-state index in [1.165, 1.54) is 5.56 Å². The molecule has 0 aromatic heterocycles. The zero-order chi connectivity index (χ0) is 19.1. The molecule has 0 spiro atoms. The Kier molecular flexibility index (Phi) is 6.22. The third-order valence-electron chi connectivity index (χ3n) is 4.58. The Balaban J connectivity index is 1.75. The van der Waals surface area contributed by atoms with Gasteiger partial charge in [-0.2, -0.15) is 0 Å². The highest BCUT2D eigenvalue weighted by Gasteiger charge is 2.15. The Morgan fingerprint density at radius 2 is 1.26 bits per heavy atom. The number of rotatable bonds is 6. The fourth-order valence-electron chi connectivity index (χ4n) is 3.00. The lowest BCUT2D eigenvalue weighted by molar-refractivity contribution is -0.116. The molecule has 0 saturated carbocycles. The second-order valence-electron chi connectivity index (χ2n) is 6.92. The van der Waals surface area contributed by atoms with Gasteiger partial charge in [-0.25, -0.2) is 0 Å². The van der Waals surface area contributed by atoms with Crippen molar-refractivity contribution in [2.75, 3.05) is 0 Å². The molecule has 0 unspecified atom stereocenters. The average molecular weight is 355 g/mol. The smallest absolute Gasteiger partial charge is 0.244 e. The third kappa shape index (κ3) is 5.18. The molecule has 1 N–H and O–H groups in total. The van der Waals surface area contributed by atoms with Crippen LogP contribution in [-0.4, -0.2) is 5.91 Å². The number of carbonyl (C=O) groups excluding carboxylic acids is 1. The lowest BCUT2D eigenvalue weighted by Crippen LogP contribution is -2.27. The predicted molar refractivity (Wildman–Crippen MR) is 112 cm³/mol. The molecule has 0 radical (unpaired) electrons. The van der Waals surface area contributed by atoms with Crippen LogP contribution in [0.1, 0.15) is 48.1 Å². The van der Waals surface area contributed by atoms with E-state index in [1.54, 1.807) is 6.08 Å². The van der Waals surface area contributed by atoms with Gasteiger partial charge in [-0.1, -0.05) is 98.8 Å². The van der Waals surface area contributed by atoms with Crippen LogP contribution >= 0.6 is 0 Å². The minimum Gasteiger partial charge on any atom is -0.342 e. The van der Waals surface area contributed by atoms with Crippen molar-refractivity contribution in [3.63, 3.8) is 0 Å². The maximum atomic E-state index is 12.6. The summed E-state index contributed by atoms with van der Waals surface area (Å²) >= 11 is 0. The first-order chi connectivity index (χ1) is 13.1. The Bertz CT molecular complexity index is 841. The number of benzene rings is 3. The van der Waals surface area contributed by atoms with Crippen molar-refractivity contribution in [1.29, 1.82) is 0 Å². The van der Waals surface area contributed by atoms with Gasteiger partial charge in [0.15, 0.2) is 0 Å². The van der Waals surface area contributed by atoms with E-state index in [2.05, 4.69) is 31.3 Å². The zero-order valence-corrected chi connectivity index (χ0v) is 15.8. The van der Waals surface area contributed by atoms with Gasteiger partial charge in [-0.3, -0.25) is 4.79 Å². The molecule has 0 fully saturated rings. The van der Waals surface area contributed by atoms with Crippen LogP contribution in [0.25, 0.3) is 6.08 Å². The molecule has 2 heteroatoms. The van der Waals surface area contributed by atoms with Crippen LogP contribution in [0.15, 0.2) is 91.0 Å². The fraction of sp³-hybridized carbons (Fsp3) is 0.160. The third-order valence-corrected chi connectivity index (χ3v) is 4.58. The van der Waals surface area contributed by atoms with Crippen LogP contribution < -0.4 is 5.32 Å². The number of nitrogens with one attached hydrogen (secondary N) is 1. The van der Waals surface area contributed by atoms with E-state index >= 15 is 0 Å². The Labute approximate surface area is 161 Å². The van der Waals surface area contributed by atoms with Gasteiger partial charge in [0.1, 0.15) is 0 Å². The first-order valence-electron chi connectivity index (χ1n) is 9.32. The highest BCUT2D eigenvalue weighted by molar-refractivity contribution is 5.92. The molecule has 0 aliphatic carbocycles. The van der Waals surface area contributed by atoms with Gasteiger partial charge < -0.3 is 5.32 Å². The Morgan fingerprint density at radius 3 is 1.74 bits per heavy atom. The number of hydrogen-bond acceptors (Lipinski definition) is 1. The first-order valence-corrected chi connectivity index (χ1v) is 9.32. The molecule has 3 rings (SSSR count). The van der Waals surface area contributed by atoms with Gasteiger partial charge >= 0.3 is 0 Å². The highest BCUT2D eigenvalue weighted by atomic mass is 16.1. The normalized spacial score (nSPS) is 11.3. The maximum Gasteiger partial charge on any atom is 0.244 e. The summed E-state index contributed by atoms with van der Waals surface area (Å²) in [6.45, 7) is 4.34. The second kappa shape index (κ2) is 9.00. The number of amides is 1. The molecule has 1 amide bonds. The zero-order valence-electron chi connectivity index (χ0n) is 15.8. The van der Waals surface area contributed by atoms with Crippen molar-refractivity contribution >= 4 is 12.0 Å².